The SMILES string of the molecule is CCc1cc(C(=O)N2CCC[C@H]2c2ccc(C)cc2)no1. The standard InChI is InChI=1S/C17H20N2O2/c1-3-14-11-15(18-21-14)17(20)19-10-4-5-16(19)13-8-6-12(2)7-9-13/h6-9,11,16H,3-5,10H2,1-2H3/t16-/m0/s1. The van der Waals surface area contributed by atoms with E-state index in [1.165, 1.54) is 11.1 Å². The number of hydrogen-bond acceptors (Lipinski definition) is 3. The van der Waals surface area contributed by atoms with Crippen molar-refractivity contribution in [2.24, 2.45) is 0 Å². The van der Waals surface area contributed by atoms with E-state index in [0.717, 1.165) is 31.6 Å². The first kappa shape index (κ1) is 13.9. The van der Waals surface area contributed by atoms with E-state index in [-0.39, 0.29) is 11.9 Å². The van der Waals surface area contributed by atoms with Crippen molar-refractivity contribution in [2.45, 2.75) is 39.2 Å². The van der Waals surface area contributed by atoms with Crippen LogP contribution in [-0.4, -0.2) is 22.5 Å². The van der Waals surface area contributed by atoms with Gasteiger partial charge in [-0.05, 0) is 25.3 Å². The van der Waals surface area contributed by atoms with Gasteiger partial charge in [-0.2, -0.15) is 0 Å². The number of aryl methyl sites for hydroxylation is 2. The Morgan fingerprint density at radius 1 is 1.38 bits per heavy atom. The highest BCUT2D eigenvalue weighted by Gasteiger charge is 2.31. The summed E-state index contributed by atoms with van der Waals surface area (Å²) in [6.45, 7) is 4.84. The summed E-state index contributed by atoms with van der Waals surface area (Å²) in [7, 11) is 0. The summed E-state index contributed by atoms with van der Waals surface area (Å²) < 4.78 is 5.15. The molecule has 110 valence electrons. The Morgan fingerprint density at radius 3 is 2.81 bits per heavy atom. The predicted octanol–water partition coefficient (Wildman–Crippen LogP) is 3.52. The molecule has 1 aliphatic rings. The number of benzene rings is 1. The van der Waals surface area contributed by atoms with Gasteiger partial charge in [0.15, 0.2) is 5.69 Å². The molecule has 2 aromatic rings. The van der Waals surface area contributed by atoms with Gasteiger partial charge in [0, 0.05) is 19.0 Å². The van der Waals surface area contributed by atoms with Crippen LogP contribution in [0.15, 0.2) is 34.9 Å². The van der Waals surface area contributed by atoms with E-state index in [0.29, 0.717) is 5.69 Å². The quantitative estimate of drug-likeness (QED) is 0.866. The Labute approximate surface area is 124 Å². The minimum Gasteiger partial charge on any atom is -0.361 e. The Bertz CT molecular complexity index is 630. The zero-order valence-corrected chi connectivity index (χ0v) is 12.5. The van der Waals surface area contributed by atoms with Crippen LogP contribution >= 0.6 is 0 Å². The van der Waals surface area contributed by atoms with Crippen LogP contribution in [0, 0.1) is 6.92 Å². The molecule has 1 saturated heterocycles. The number of likely N-dealkylation sites (tertiary alicyclic amines) is 1. The summed E-state index contributed by atoms with van der Waals surface area (Å²) in [4.78, 5) is 14.5. The van der Waals surface area contributed by atoms with Crippen LogP contribution in [0.5, 0.6) is 0 Å². The van der Waals surface area contributed by atoms with E-state index < -0.39 is 0 Å². The van der Waals surface area contributed by atoms with Gasteiger partial charge < -0.3 is 9.42 Å². The molecule has 1 amide bonds. The van der Waals surface area contributed by atoms with Crippen molar-refractivity contribution in [3.05, 3.63) is 52.9 Å². The third-order valence-electron chi connectivity index (χ3n) is 4.10. The molecule has 2 heterocycles. The van der Waals surface area contributed by atoms with Gasteiger partial charge in [-0.25, -0.2) is 0 Å². The van der Waals surface area contributed by atoms with Crippen LogP contribution in [0.1, 0.15) is 53.2 Å². The molecule has 4 nitrogen and oxygen atoms in total. The smallest absolute Gasteiger partial charge is 0.276 e. The van der Waals surface area contributed by atoms with E-state index in [4.69, 9.17) is 4.52 Å². The highest BCUT2D eigenvalue weighted by atomic mass is 16.5. The van der Waals surface area contributed by atoms with Crippen LogP contribution in [0.4, 0.5) is 0 Å². The third kappa shape index (κ3) is 2.71. The molecule has 0 radical (unpaired) electrons. The van der Waals surface area contributed by atoms with Gasteiger partial charge in [-0.3, -0.25) is 4.79 Å². The molecule has 21 heavy (non-hydrogen) atoms. The lowest BCUT2D eigenvalue weighted by atomic mass is 10.0. The van der Waals surface area contributed by atoms with Gasteiger partial charge in [-0.1, -0.05) is 41.9 Å². The van der Waals surface area contributed by atoms with Gasteiger partial charge in [0.05, 0.1) is 6.04 Å². The van der Waals surface area contributed by atoms with Gasteiger partial charge >= 0.3 is 0 Å². The van der Waals surface area contributed by atoms with Gasteiger partial charge in [0.1, 0.15) is 5.76 Å². The number of carbonyl (C=O) groups is 1. The first-order valence-corrected chi connectivity index (χ1v) is 7.52. The van der Waals surface area contributed by atoms with Crippen LogP contribution in [0.2, 0.25) is 0 Å². The molecule has 0 aliphatic carbocycles. The highest BCUT2D eigenvalue weighted by Crippen LogP contribution is 2.33. The van der Waals surface area contributed by atoms with Crippen LogP contribution in [0.3, 0.4) is 0 Å². The number of aromatic nitrogens is 1. The first-order chi connectivity index (χ1) is 10.2. The molecule has 0 spiro atoms. The van der Waals surface area contributed by atoms with Crippen LogP contribution in [0.25, 0.3) is 0 Å². The summed E-state index contributed by atoms with van der Waals surface area (Å²) in [5.74, 6) is 0.728. The van der Waals surface area contributed by atoms with E-state index in [1.54, 1.807) is 6.07 Å². The fourth-order valence-corrected chi connectivity index (χ4v) is 2.87. The fourth-order valence-electron chi connectivity index (χ4n) is 2.87. The van der Waals surface area contributed by atoms with Gasteiger partial charge in [0.2, 0.25) is 0 Å². The first-order valence-electron chi connectivity index (χ1n) is 7.52. The molecule has 1 fully saturated rings. The molecular weight excluding hydrogens is 264 g/mol. The minimum absolute atomic E-state index is 0.0264. The zero-order valence-electron chi connectivity index (χ0n) is 12.5. The average Bonchev–Trinajstić information content (AvgIpc) is 3.16. The Hall–Kier alpha value is -2.10. The van der Waals surface area contributed by atoms with Crippen molar-refractivity contribution < 1.29 is 9.32 Å². The molecule has 1 aromatic heterocycles. The lowest BCUT2D eigenvalue weighted by Crippen LogP contribution is -2.30. The molecular formula is C17H20N2O2. The van der Waals surface area contributed by atoms with Crippen molar-refractivity contribution in [1.29, 1.82) is 0 Å². The molecule has 0 bridgehead atoms. The summed E-state index contributed by atoms with van der Waals surface area (Å²) in [5.41, 5.74) is 2.86. The Balaban J connectivity index is 1.83. The molecule has 0 unspecified atom stereocenters. The van der Waals surface area contributed by atoms with Crippen molar-refractivity contribution in [1.82, 2.24) is 10.1 Å². The van der Waals surface area contributed by atoms with Crippen molar-refractivity contribution in [3.63, 3.8) is 0 Å². The number of rotatable bonds is 3. The third-order valence-corrected chi connectivity index (χ3v) is 4.10. The molecule has 3 rings (SSSR count). The number of amides is 1. The van der Waals surface area contributed by atoms with Crippen LogP contribution < -0.4 is 0 Å². The monoisotopic (exact) mass is 284 g/mol. The maximum atomic E-state index is 12.6. The van der Waals surface area contributed by atoms with E-state index in [9.17, 15) is 4.79 Å². The van der Waals surface area contributed by atoms with E-state index in [1.807, 2.05) is 11.8 Å². The molecule has 4 heteroatoms. The second kappa shape index (κ2) is 5.72. The van der Waals surface area contributed by atoms with E-state index >= 15 is 0 Å². The van der Waals surface area contributed by atoms with Crippen molar-refractivity contribution in [2.75, 3.05) is 6.54 Å². The number of carbonyl (C=O) groups excluding carboxylic acids is 1. The second-order valence-corrected chi connectivity index (χ2v) is 5.60. The molecule has 0 saturated carbocycles. The lowest BCUT2D eigenvalue weighted by molar-refractivity contribution is 0.0725. The highest BCUT2D eigenvalue weighted by molar-refractivity contribution is 5.92. The summed E-state index contributed by atoms with van der Waals surface area (Å²) in [6.07, 6.45) is 2.79. The molecule has 0 N–H and O–H groups in total. The topological polar surface area (TPSA) is 46.3 Å². The average molecular weight is 284 g/mol. The Kier molecular flexibility index (Phi) is 3.78. The van der Waals surface area contributed by atoms with Crippen LogP contribution in [-0.2, 0) is 6.42 Å². The summed E-state index contributed by atoms with van der Waals surface area (Å²) in [5, 5.41) is 3.91. The van der Waals surface area contributed by atoms with Gasteiger partial charge in [-0.15, -0.1) is 0 Å². The number of nitrogens with zero attached hydrogens (tertiary/aromatic N) is 2. The van der Waals surface area contributed by atoms with Gasteiger partial charge in [0.25, 0.3) is 5.91 Å². The Morgan fingerprint density at radius 2 is 2.14 bits per heavy atom. The van der Waals surface area contributed by atoms with Crippen molar-refractivity contribution in [3.8, 4) is 0 Å². The fraction of sp³-hybridized carbons (Fsp3) is 0.412. The maximum Gasteiger partial charge on any atom is 0.276 e. The molecule has 1 aliphatic heterocycles. The number of hydrogen-bond donors (Lipinski definition) is 0. The molecule has 1 atom stereocenters. The summed E-state index contributed by atoms with van der Waals surface area (Å²) >= 11 is 0. The largest absolute Gasteiger partial charge is 0.361 e. The second-order valence-electron chi connectivity index (χ2n) is 5.60. The maximum absolute atomic E-state index is 12.6. The zero-order chi connectivity index (χ0) is 14.8. The van der Waals surface area contributed by atoms with E-state index in [2.05, 4.69) is 36.3 Å². The normalized spacial score (nSPS) is 18.2. The minimum atomic E-state index is -0.0264. The van der Waals surface area contributed by atoms with Crippen molar-refractivity contribution >= 4 is 5.91 Å². The molecule has 1 aromatic carbocycles. The lowest BCUT2D eigenvalue weighted by Gasteiger charge is -2.24. The predicted molar refractivity (Wildman–Crippen MR) is 80.1 cm³/mol. The summed E-state index contributed by atoms with van der Waals surface area (Å²) in [6, 6.07) is 10.3.